The third kappa shape index (κ3) is 5.35. The number of halogens is 1. The number of hydrogen-bond acceptors (Lipinski definition) is 1. The molecule has 0 heterocycles. The van der Waals surface area contributed by atoms with Crippen LogP contribution in [-0.2, 0) is 11.2 Å². The molecule has 0 radical (unpaired) electrons. The zero-order chi connectivity index (χ0) is 16.8. The van der Waals surface area contributed by atoms with E-state index in [0.717, 1.165) is 23.1 Å². The molecule has 2 rings (SSSR count). The minimum atomic E-state index is -0.921. The van der Waals surface area contributed by atoms with Crippen molar-refractivity contribution in [1.82, 2.24) is 0 Å². The molecular formula is C19H19ClO2P+. The maximum atomic E-state index is 11.1. The average molecular weight is 346 g/mol. The van der Waals surface area contributed by atoms with E-state index < -0.39 is 5.97 Å². The van der Waals surface area contributed by atoms with Crippen molar-refractivity contribution in [3.8, 4) is 0 Å². The fourth-order valence-electron chi connectivity index (χ4n) is 2.31. The predicted octanol–water partition coefficient (Wildman–Crippen LogP) is 4.61. The fourth-order valence-corrected chi connectivity index (χ4v) is 3.09. The topological polar surface area (TPSA) is 37.3 Å². The second-order valence-electron chi connectivity index (χ2n) is 5.38. The van der Waals surface area contributed by atoms with E-state index in [1.807, 2.05) is 48.5 Å². The molecular weight excluding hydrogens is 327 g/mol. The van der Waals surface area contributed by atoms with E-state index in [1.165, 1.54) is 11.4 Å². The van der Waals surface area contributed by atoms with Crippen LogP contribution in [0, 0.1) is 0 Å². The third-order valence-corrected chi connectivity index (χ3v) is 5.00. The summed E-state index contributed by atoms with van der Waals surface area (Å²) in [6.07, 6.45) is 6.79. The Hall–Kier alpha value is -1.89. The van der Waals surface area contributed by atoms with Crippen LogP contribution >= 0.6 is 19.1 Å². The van der Waals surface area contributed by atoms with Gasteiger partial charge in [0.15, 0.2) is 0 Å². The third-order valence-electron chi connectivity index (χ3n) is 3.57. The number of benzene rings is 2. The van der Waals surface area contributed by atoms with Gasteiger partial charge in [0.1, 0.15) is 19.5 Å². The Labute approximate surface area is 142 Å². The lowest BCUT2D eigenvalue weighted by molar-refractivity contribution is -0.131. The van der Waals surface area contributed by atoms with Crippen LogP contribution in [0.5, 0.6) is 0 Å². The van der Waals surface area contributed by atoms with Crippen molar-refractivity contribution in [1.29, 1.82) is 0 Å². The van der Waals surface area contributed by atoms with E-state index in [0.29, 0.717) is 11.4 Å². The SMILES string of the molecule is C=[P+](C)c1ccc(C(=CC(=O)O)CCc2ccc(Cl)cc2)cc1. The molecule has 0 amide bonds. The van der Waals surface area contributed by atoms with E-state index >= 15 is 0 Å². The lowest BCUT2D eigenvalue weighted by atomic mass is 9.98. The number of carboxylic acid groups (broad SMARTS) is 1. The standard InChI is InChI=1S/C19H18ClO2P/c1-23(2)18-11-7-15(8-12-18)16(13-19(21)22)6-3-14-4-9-17(20)10-5-14/h4-5,7-13H,1,3,6H2,2H3/p+1. The molecule has 0 saturated heterocycles. The highest BCUT2D eigenvalue weighted by Crippen LogP contribution is 2.22. The largest absolute Gasteiger partial charge is 0.478 e. The summed E-state index contributed by atoms with van der Waals surface area (Å²) in [7, 11) is -0.389. The molecule has 0 aliphatic heterocycles. The number of hydrogen-bond donors (Lipinski definition) is 1. The summed E-state index contributed by atoms with van der Waals surface area (Å²) in [5.41, 5.74) is 2.91. The Bertz CT molecular complexity index is 731. The number of carboxylic acids is 1. The lowest BCUT2D eigenvalue weighted by Crippen LogP contribution is -1.99. The van der Waals surface area contributed by atoms with Crippen molar-refractivity contribution in [3.05, 3.63) is 70.8 Å². The summed E-state index contributed by atoms with van der Waals surface area (Å²) < 4.78 is 0. The first-order chi connectivity index (χ1) is 11.0. The van der Waals surface area contributed by atoms with Crippen LogP contribution in [0.15, 0.2) is 54.6 Å². The molecule has 1 unspecified atom stereocenters. The average Bonchev–Trinajstić information content (AvgIpc) is 2.52. The van der Waals surface area contributed by atoms with E-state index in [1.54, 1.807) is 0 Å². The number of rotatable bonds is 6. The van der Waals surface area contributed by atoms with Crippen molar-refractivity contribution in [3.63, 3.8) is 0 Å². The molecule has 0 saturated carbocycles. The molecule has 0 spiro atoms. The number of carbonyl (C=O) groups is 1. The second kappa shape index (κ2) is 8.10. The Morgan fingerprint density at radius 3 is 2.30 bits per heavy atom. The Kier molecular flexibility index (Phi) is 6.15. The van der Waals surface area contributed by atoms with Gasteiger partial charge in [0.25, 0.3) is 0 Å². The van der Waals surface area contributed by atoms with Crippen LogP contribution < -0.4 is 5.30 Å². The van der Waals surface area contributed by atoms with Gasteiger partial charge in [0.05, 0.1) is 6.30 Å². The summed E-state index contributed by atoms with van der Waals surface area (Å²) in [5, 5.41) is 11.0. The first kappa shape index (κ1) is 17.5. The number of aliphatic carboxylic acids is 1. The molecule has 2 nitrogen and oxygen atoms in total. The van der Waals surface area contributed by atoms with E-state index in [4.69, 9.17) is 16.7 Å². The molecule has 23 heavy (non-hydrogen) atoms. The highest BCUT2D eigenvalue weighted by Gasteiger charge is 2.08. The minimum absolute atomic E-state index is 0.389. The molecule has 1 N–H and O–H groups in total. The molecule has 118 valence electrons. The molecule has 2 aromatic rings. The number of aryl methyl sites for hydroxylation is 1. The van der Waals surface area contributed by atoms with E-state index in [9.17, 15) is 4.79 Å². The molecule has 2 aromatic carbocycles. The Morgan fingerprint density at radius 1 is 1.17 bits per heavy atom. The van der Waals surface area contributed by atoms with Crippen molar-refractivity contribution in [2.24, 2.45) is 0 Å². The van der Waals surface area contributed by atoms with Crippen LogP contribution in [0.1, 0.15) is 17.5 Å². The Morgan fingerprint density at radius 2 is 1.78 bits per heavy atom. The van der Waals surface area contributed by atoms with Gasteiger partial charge in [-0.25, -0.2) is 4.79 Å². The van der Waals surface area contributed by atoms with Crippen molar-refractivity contribution in [2.45, 2.75) is 12.8 Å². The van der Waals surface area contributed by atoms with Crippen molar-refractivity contribution < 1.29 is 9.90 Å². The maximum absolute atomic E-state index is 11.1. The van der Waals surface area contributed by atoms with Gasteiger partial charge in [0, 0.05) is 11.1 Å². The summed E-state index contributed by atoms with van der Waals surface area (Å²) >= 11 is 5.89. The van der Waals surface area contributed by atoms with Crippen LogP contribution in [-0.4, -0.2) is 24.0 Å². The van der Waals surface area contributed by atoms with Gasteiger partial charge in [-0.05, 0) is 53.8 Å². The highest BCUT2D eigenvalue weighted by atomic mass is 35.5. The fraction of sp³-hybridized carbons (Fsp3) is 0.158. The van der Waals surface area contributed by atoms with Gasteiger partial charge in [0.2, 0.25) is 0 Å². The lowest BCUT2D eigenvalue weighted by Gasteiger charge is -2.08. The van der Waals surface area contributed by atoms with Crippen molar-refractivity contribution >= 4 is 42.3 Å². The van der Waals surface area contributed by atoms with Crippen molar-refractivity contribution in [2.75, 3.05) is 6.66 Å². The minimum Gasteiger partial charge on any atom is -0.478 e. The number of allylic oxidation sites excluding steroid dienone is 1. The molecule has 0 aliphatic rings. The second-order valence-corrected chi connectivity index (χ2v) is 7.73. The summed E-state index contributed by atoms with van der Waals surface area (Å²) in [6, 6.07) is 15.7. The molecule has 0 bridgehead atoms. The first-order valence-corrected chi connectivity index (χ1v) is 9.63. The summed E-state index contributed by atoms with van der Waals surface area (Å²) in [6.45, 7) is 2.10. The molecule has 4 heteroatoms. The zero-order valence-electron chi connectivity index (χ0n) is 13.0. The van der Waals surface area contributed by atoms with E-state index in [2.05, 4.69) is 13.0 Å². The molecule has 0 fully saturated rings. The maximum Gasteiger partial charge on any atom is 0.328 e. The quantitative estimate of drug-likeness (QED) is 0.613. The highest BCUT2D eigenvalue weighted by molar-refractivity contribution is 7.62. The van der Waals surface area contributed by atoms with Crippen LogP contribution in [0.3, 0.4) is 0 Å². The van der Waals surface area contributed by atoms with Gasteiger partial charge < -0.3 is 5.11 Å². The Balaban J connectivity index is 2.18. The first-order valence-electron chi connectivity index (χ1n) is 7.28. The summed E-state index contributed by atoms with van der Waals surface area (Å²) in [5.74, 6) is -0.921. The smallest absolute Gasteiger partial charge is 0.328 e. The van der Waals surface area contributed by atoms with Gasteiger partial charge in [-0.1, -0.05) is 35.9 Å². The van der Waals surface area contributed by atoms with Crippen LogP contribution in [0.2, 0.25) is 5.02 Å². The predicted molar refractivity (Wildman–Crippen MR) is 101 cm³/mol. The molecule has 0 aromatic heterocycles. The van der Waals surface area contributed by atoms with Gasteiger partial charge in [-0.15, -0.1) is 0 Å². The molecule has 0 aliphatic carbocycles. The van der Waals surface area contributed by atoms with Gasteiger partial charge in [-0.2, -0.15) is 0 Å². The normalized spacial score (nSPS) is 12.1. The van der Waals surface area contributed by atoms with Gasteiger partial charge in [-0.3, -0.25) is 0 Å². The monoisotopic (exact) mass is 345 g/mol. The van der Waals surface area contributed by atoms with Crippen LogP contribution in [0.4, 0.5) is 0 Å². The summed E-state index contributed by atoms with van der Waals surface area (Å²) in [4.78, 5) is 11.1. The van der Waals surface area contributed by atoms with E-state index in [-0.39, 0.29) is 7.55 Å². The zero-order valence-corrected chi connectivity index (χ0v) is 14.6. The van der Waals surface area contributed by atoms with Crippen LogP contribution in [0.25, 0.3) is 5.57 Å². The molecule has 1 atom stereocenters. The van der Waals surface area contributed by atoms with Gasteiger partial charge >= 0.3 is 5.97 Å².